The van der Waals surface area contributed by atoms with E-state index in [4.69, 9.17) is 4.42 Å². The molecule has 3 aromatic heterocycles. The van der Waals surface area contributed by atoms with E-state index in [-0.39, 0.29) is 12.5 Å². The van der Waals surface area contributed by atoms with Crippen molar-refractivity contribution < 1.29 is 9.21 Å². The molecule has 0 aromatic carbocycles. The summed E-state index contributed by atoms with van der Waals surface area (Å²) < 4.78 is 6.38. The van der Waals surface area contributed by atoms with Crippen molar-refractivity contribution in [3.63, 3.8) is 0 Å². The summed E-state index contributed by atoms with van der Waals surface area (Å²) in [5.41, 5.74) is 1.51. The van der Waals surface area contributed by atoms with Crippen LogP contribution >= 0.6 is 11.3 Å². The zero-order valence-corrected chi connectivity index (χ0v) is 11.1. The molecule has 98 valence electrons. The first kappa shape index (κ1) is 11.9. The highest BCUT2D eigenvalue weighted by molar-refractivity contribution is 7.17. The molecule has 3 heterocycles. The predicted molar refractivity (Wildman–Crippen MR) is 71.0 cm³/mol. The molecule has 3 aromatic rings. The maximum atomic E-state index is 11.9. The predicted octanol–water partition coefficient (Wildman–Crippen LogP) is 2.10. The van der Waals surface area contributed by atoms with Crippen molar-refractivity contribution in [2.45, 2.75) is 19.9 Å². The van der Waals surface area contributed by atoms with Gasteiger partial charge in [0, 0.05) is 6.42 Å². The first-order chi connectivity index (χ1) is 9.26. The third-order valence-electron chi connectivity index (χ3n) is 2.70. The topological polar surface area (TPSA) is 83.8 Å². The van der Waals surface area contributed by atoms with E-state index in [1.165, 1.54) is 0 Å². The smallest absolute Gasteiger partial charge is 0.268 e. The summed E-state index contributed by atoms with van der Waals surface area (Å²) in [6.07, 6.45) is 0.688. The molecule has 0 saturated carbocycles. The van der Waals surface area contributed by atoms with Gasteiger partial charge < -0.3 is 14.7 Å². The van der Waals surface area contributed by atoms with Crippen LogP contribution in [-0.4, -0.2) is 21.1 Å². The van der Waals surface area contributed by atoms with Crippen LogP contribution in [0.2, 0.25) is 0 Å². The van der Waals surface area contributed by atoms with E-state index in [9.17, 15) is 4.79 Å². The Morgan fingerprint density at radius 2 is 2.32 bits per heavy atom. The fraction of sp³-hybridized carbons (Fsp3) is 0.250. The minimum absolute atomic E-state index is 0.181. The van der Waals surface area contributed by atoms with Gasteiger partial charge in [-0.2, -0.15) is 0 Å². The average Bonchev–Trinajstić information content (AvgIpc) is 3.10. The molecule has 0 aliphatic rings. The van der Waals surface area contributed by atoms with Gasteiger partial charge in [0.05, 0.1) is 16.8 Å². The summed E-state index contributed by atoms with van der Waals surface area (Å²) in [5.74, 6) is 0.808. The lowest BCUT2D eigenvalue weighted by Gasteiger charge is -1.99. The van der Waals surface area contributed by atoms with Crippen LogP contribution < -0.4 is 5.32 Å². The Balaban J connectivity index is 1.66. The minimum atomic E-state index is -0.181. The molecule has 0 unspecified atom stereocenters. The summed E-state index contributed by atoms with van der Waals surface area (Å²) in [6, 6.07) is 3.78. The molecule has 19 heavy (non-hydrogen) atoms. The van der Waals surface area contributed by atoms with Crippen LogP contribution in [0.25, 0.3) is 10.2 Å². The number of nitrogens with one attached hydrogen (secondary N) is 2. The zero-order chi connectivity index (χ0) is 13.2. The zero-order valence-electron chi connectivity index (χ0n) is 10.3. The molecule has 1 amide bonds. The molecule has 3 rings (SSSR count). The number of fused-ring (bicyclic) bond motifs is 1. The van der Waals surface area contributed by atoms with Crippen molar-refractivity contribution in [1.82, 2.24) is 20.5 Å². The van der Waals surface area contributed by atoms with E-state index >= 15 is 0 Å². The number of amides is 1. The molecule has 0 bridgehead atoms. The Morgan fingerprint density at radius 3 is 3.05 bits per heavy atom. The lowest BCUT2D eigenvalue weighted by atomic mass is 10.4. The number of nitrogens with zero attached hydrogens (tertiary/aromatic N) is 2. The molecule has 0 saturated heterocycles. The van der Waals surface area contributed by atoms with Crippen LogP contribution in [0.4, 0.5) is 0 Å². The van der Waals surface area contributed by atoms with E-state index in [0.29, 0.717) is 23.9 Å². The van der Waals surface area contributed by atoms with Crippen molar-refractivity contribution in [1.29, 1.82) is 0 Å². The van der Waals surface area contributed by atoms with Gasteiger partial charge >= 0.3 is 0 Å². The number of rotatable bonds is 4. The normalized spacial score (nSPS) is 11.0. The summed E-state index contributed by atoms with van der Waals surface area (Å²) in [7, 11) is 0. The second-order valence-electron chi connectivity index (χ2n) is 4.01. The summed E-state index contributed by atoms with van der Waals surface area (Å²) in [6.45, 7) is 2.17. The third-order valence-corrected chi connectivity index (χ3v) is 3.56. The molecule has 0 aliphatic carbocycles. The van der Waals surface area contributed by atoms with Crippen LogP contribution in [0.5, 0.6) is 0 Å². The molecule has 0 fully saturated rings. The highest BCUT2D eigenvalue weighted by atomic mass is 32.1. The van der Waals surface area contributed by atoms with Gasteiger partial charge in [-0.15, -0.1) is 21.5 Å². The highest BCUT2D eigenvalue weighted by Crippen LogP contribution is 2.21. The van der Waals surface area contributed by atoms with Gasteiger partial charge in [0.1, 0.15) is 5.69 Å². The number of aromatic nitrogens is 3. The van der Waals surface area contributed by atoms with Crippen molar-refractivity contribution >= 4 is 27.5 Å². The molecule has 0 spiro atoms. The Bertz CT molecular complexity index is 684. The number of H-pyrrole nitrogens is 1. The maximum absolute atomic E-state index is 11.9. The van der Waals surface area contributed by atoms with Crippen LogP contribution in [-0.2, 0) is 13.0 Å². The average molecular weight is 276 g/mol. The lowest BCUT2D eigenvalue weighted by Crippen LogP contribution is -2.23. The van der Waals surface area contributed by atoms with Gasteiger partial charge in [-0.25, -0.2) is 0 Å². The molecule has 2 N–H and O–H groups in total. The number of aryl methyl sites for hydroxylation is 1. The monoisotopic (exact) mass is 276 g/mol. The van der Waals surface area contributed by atoms with Crippen LogP contribution in [0.15, 0.2) is 21.9 Å². The van der Waals surface area contributed by atoms with Gasteiger partial charge in [0.2, 0.25) is 11.8 Å². The molecule has 0 radical (unpaired) electrons. The standard InChI is InChI=1S/C12H12N4O2S/c1-2-10-15-16-11(18-10)6-13-12(17)8-5-9-7(14-8)3-4-19-9/h3-5,14H,2,6H2,1H3,(H,13,17). The van der Waals surface area contributed by atoms with Crippen LogP contribution in [0.3, 0.4) is 0 Å². The maximum Gasteiger partial charge on any atom is 0.268 e. The van der Waals surface area contributed by atoms with Gasteiger partial charge in [-0.05, 0) is 17.5 Å². The lowest BCUT2D eigenvalue weighted by molar-refractivity contribution is 0.0943. The summed E-state index contributed by atoms with van der Waals surface area (Å²) >= 11 is 1.59. The third kappa shape index (κ3) is 2.37. The Kier molecular flexibility index (Phi) is 3.04. The van der Waals surface area contributed by atoms with Gasteiger partial charge in [-0.3, -0.25) is 4.79 Å². The first-order valence-electron chi connectivity index (χ1n) is 5.92. The molecule has 0 aliphatic heterocycles. The molecular weight excluding hydrogens is 264 g/mol. The minimum Gasteiger partial charge on any atom is -0.423 e. The van der Waals surface area contributed by atoms with E-state index in [0.717, 1.165) is 10.2 Å². The summed E-state index contributed by atoms with van der Waals surface area (Å²) in [5, 5.41) is 12.4. The van der Waals surface area contributed by atoms with Gasteiger partial charge in [-0.1, -0.05) is 6.92 Å². The first-order valence-corrected chi connectivity index (χ1v) is 6.80. The van der Waals surface area contributed by atoms with Gasteiger partial charge in [0.25, 0.3) is 5.91 Å². The number of carbonyl (C=O) groups excluding carboxylic acids is 1. The van der Waals surface area contributed by atoms with Crippen LogP contribution in [0, 0.1) is 0 Å². The molecule has 0 atom stereocenters. The fourth-order valence-electron chi connectivity index (χ4n) is 1.72. The van der Waals surface area contributed by atoms with E-state index < -0.39 is 0 Å². The van der Waals surface area contributed by atoms with Crippen molar-refractivity contribution in [3.05, 3.63) is 35.0 Å². The number of hydrogen-bond donors (Lipinski definition) is 2. The van der Waals surface area contributed by atoms with Crippen molar-refractivity contribution in [3.8, 4) is 0 Å². The SMILES string of the molecule is CCc1nnc(CNC(=O)c2cc3sccc3[nH]2)o1. The van der Waals surface area contributed by atoms with E-state index in [1.807, 2.05) is 24.4 Å². The number of aromatic amines is 1. The van der Waals surface area contributed by atoms with E-state index in [1.54, 1.807) is 11.3 Å². The van der Waals surface area contributed by atoms with Gasteiger partial charge in [0.15, 0.2) is 0 Å². The van der Waals surface area contributed by atoms with Crippen molar-refractivity contribution in [2.75, 3.05) is 0 Å². The number of carbonyl (C=O) groups is 1. The fourth-order valence-corrected chi connectivity index (χ4v) is 2.51. The highest BCUT2D eigenvalue weighted by Gasteiger charge is 2.11. The van der Waals surface area contributed by atoms with Crippen LogP contribution in [0.1, 0.15) is 29.2 Å². The summed E-state index contributed by atoms with van der Waals surface area (Å²) in [4.78, 5) is 15.0. The molecule has 6 nitrogen and oxygen atoms in total. The second kappa shape index (κ2) is 4.85. The Morgan fingerprint density at radius 1 is 1.47 bits per heavy atom. The number of thiophene rings is 1. The second-order valence-corrected chi connectivity index (χ2v) is 4.96. The quantitative estimate of drug-likeness (QED) is 0.764. The molecular formula is C12H12N4O2S. The molecule has 7 heteroatoms. The van der Waals surface area contributed by atoms with Crippen molar-refractivity contribution in [2.24, 2.45) is 0 Å². The van der Waals surface area contributed by atoms with E-state index in [2.05, 4.69) is 20.5 Å². The Labute approximate surface area is 112 Å². The largest absolute Gasteiger partial charge is 0.423 e. The Hall–Kier alpha value is -2.15. The number of hydrogen-bond acceptors (Lipinski definition) is 5.